The molecule has 0 spiro atoms. The van der Waals surface area contributed by atoms with Crippen molar-refractivity contribution in [3.05, 3.63) is 18.2 Å². The van der Waals surface area contributed by atoms with Crippen molar-refractivity contribution in [1.82, 2.24) is 0 Å². The molecule has 1 aromatic rings. The number of methoxy groups -OCH3 is 1. The van der Waals surface area contributed by atoms with E-state index in [-0.39, 0.29) is 10.7 Å². The summed E-state index contributed by atoms with van der Waals surface area (Å²) in [6.45, 7) is 0. The highest BCUT2D eigenvalue weighted by Gasteiger charge is 2.26. The molecule has 0 atom stereocenters. The van der Waals surface area contributed by atoms with Gasteiger partial charge in [-0.25, -0.2) is 0 Å². The van der Waals surface area contributed by atoms with Crippen LogP contribution in [0.25, 0.3) is 0 Å². The second kappa shape index (κ2) is 4.48. The Morgan fingerprint density at radius 2 is 2.22 bits per heavy atom. The number of hydrogen-bond acceptors (Lipinski definition) is 6. The lowest BCUT2D eigenvalue weighted by Crippen LogP contribution is -2.22. The van der Waals surface area contributed by atoms with E-state index in [0.29, 0.717) is 11.4 Å². The van der Waals surface area contributed by atoms with Crippen LogP contribution in [-0.2, 0) is 4.79 Å². The van der Waals surface area contributed by atoms with Crippen LogP contribution in [0.5, 0.6) is 5.75 Å². The highest BCUT2D eigenvalue weighted by Crippen LogP contribution is 2.55. The van der Waals surface area contributed by atoms with E-state index in [1.165, 1.54) is 13.2 Å². The molecule has 18 heavy (non-hydrogen) atoms. The quantitative estimate of drug-likeness (QED) is 0.669. The van der Waals surface area contributed by atoms with Crippen LogP contribution in [0.1, 0.15) is 6.42 Å². The van der Waals surface area contributed by atoms with Gasteiger partial charge in [0, 0.05) is 6.07 Å². The molecule has 0 fully saturated rings. The zero-order valence-electron chi connectivity index (χ0n) is 9.45. The first kappa shape index (κ1) is 12.7. The molecule has 1 aliphatic rings. The van der Waals surface area contributed by atoms with E-state index in [0.717, 1.165) is 0 Å². The summed E-state index contributed by atoms with van der Waals surface area (Å²) in [5, 5.41) is 11.4. The normalized spacial score (nSPS) is 18.1. The maximum atomic E-state index is 10.6. The summed E-state index contributed by atoms with van der Waals surface area (Å²) in [6.07, 6.45) is -0.410. The summed E-state index contributed by atoms with van der Waals surface area (Å²) >= 11 is 0. The summed E-state index contributed by atoms with van der Waals surface area (Å²) < 4.78 is 28.3. The van der Waals surface area contributed by atoms with E-state index in [1.54, 1.807) is 12.1 Å². The van der Waals surface area contributed by atoms with Crippen LogP contribution in [0, 0.1) is 0 Å². The van der Waals surface area contributed by atoms with Gasteiger partial charge in [0.2, 0.25) is 0 Å². The maximum Gasteiger partial charge on any atom is 0.311 e. The Bertz CT molecular complexity index is 529. The Morgan fingerprint density at radius 1 is 1.50 bits per heavy atom. The number of carbonyl (C=O) groups is 1. The Kier molecular flexibility index (Phi) is 3.16. The lowest BCUT2D eigenvalue weighted by Gasteiger charge is -2.34. The fourth-order valence-electron chi connectivity index (χ4n) is 1.57. The first-order valence-electron chi connectivity index (χ1n) is 4.96. The van der Waals surface area contributed by atoms with E-state index in [1.807, 2.05) is 0 Å². The van der Waals surface area contributed by atoms with Crippen molar-refractivity contribution >= 4 is 28.3 Å². The van der Waals surface area contributed by atoms with Gasteiger partial charge in [0.05, 0.1) is 12.8 Å². The maximum absolute atomic E-state index is 10.6. The molecule has 0 amide bonds. The number of nitrogens with zero attached hydrogens (tertiary/aromatic N) is 1. The van der Waals surface area contributed by atoms with Crippen molar-refractivity contribution in [2.75, 3.05) is 12.4 Å². The average molecular weight is 272 g/mol. The number of rotatable bonds is 3. The molecule has 98 valence electrons. The molecule has 4 N–H and O–H groups in total. The molecule has 0 unspecified atom stereocenters. The summed E-state index contributed by atoms with van der Waals surface area (Å²) in [6, 6.07) is 4.62. The van der Waals surface area contributed by atoms with Gasteiger partial charge in [-0.3, -0.25) is 13.9 Å². The minimum absolute atomic E-state index is 0.00301. The Labute approximate surface area is 105 Å². The van der Waals surface area contributed by atoms with Crippen molar-refractivity contribution in [1.29, 1.82) is 0 Å². The summed E-state index contributed by atoms with van der Waals surface area (Å²) in [4.78, 5) is 10.8. The fourth-order valence-corrected chi connectivity index (χ4v) is 2.74. The molecule has 0 aromatic heterocycles. The van der Waals surface area contributed by atoms with Crippen LogP contribution in [0.4, 0.5) is 5.69 Å². The van der Waals surface area contributed by atoms with E-state index in [4.69, 9.17) is 9.84 Å². The number of ether oxygens (including phenoxy) is 1. The molecular weight excluding hydrogens is 260 g/mol. The Balaban J connectivity index is 2.41. The molecule has 0 aliphatic carbocycles. The van der Waals surface area contributed by atoms with E-state index < -0.39 is 23.2 Å². The molecule has 2 rings (SSSR count). The number of nitrogens with one attached hydrogen (secondary N) is 1. The number of aliphatic carboxylic acids is 1. The van der Waals surface area contributed by atoms with E-state index >= 15 is 0 Å². The minimum Gasteiger partial charge on any atom is -0.497 e. The van der Waals surface area contributed by atoms with Gasteiger partial charge in [-0.15, -0.1) is 4.40 Å². The third-order valence-electron chi connectivity index (χ3n) is 2.32. The minimum atomic E-state index is -3.36. The third-order valence-corrected chi connectivity index (χ3v) is 3.74. The summed E-state index contributed by atoms with van der Waals surface area (Å²) in [5.41, 5.74) is 0.389. The summed E-state index contributed by atoms with van der Waals surface area (Å²) in [5.74, 6) is -0.584. The molecule has 1 aromatic carbocycles. The van der Waals surface area contributed by atoms with Gasteiger partial charge in [0.1, 0.15) is 22.9 Å². The third kappa shape index (κ3) is 2.40. The lowest BCUT2D eigenvalue weighted by atomic mass is 10.2. The van der Waals surface area contributed by atoms with Gasteiger partial charge in [0.25, 0.3) is 0 Å². The molecule has 7 nitrogen and oxygen atoms in total. The van der Waals surface area contributed by atoms with Gasteiger partial charge in [0.15, 0.2) is 0 Å². The average Bonchev–Trinajstić information content (AvgIpc) is 2.26. The number of fused-ring (bicyclic) bond motifs is 1. The van der Waals surface area contributed by atoms with Crippen molar-refractivity contribution in [3.63, 3.8) is 0 Å². The van der Waals surface area contributed by atoms with Crippen molar-refractivity contribution in [3.8, 4) is 5.75 Å². The van der Waals surface area contributed by atoms with Gasteiger partial charge in [-0.05, 0) is 12.1 Å². The molecule has 1 aliphatic heterocycles. The van der Waals surface area contributed by atoms with Crippen LogP contribution in [0.2, 0.25) is 0 Å². The highest BCUT2D eigenvalue weighted by molar-refractivity contribution is 8.23. The lowest BCUT2D eigenvalue weighted by molar-refractivity contribution is -0.135. The van der Waals surface area contributed by atoms with Crippen LogP contribution in [-0.4, -0.2) is 33.1 Å². The number of amidine groups is 1. The van der Waals surface area contributed by atoms with Gasteiger partial charge >= 0.3 is 5.97 Å². The van der Waals surface area contributed by atoms with Crippen LogP contribution >= 0.6 is 10.8 Å². The molecule has 0 saturated heterocycles. The van der Waals surface area contributed by atoms with Crippen LogP contribution < -0.4 is 10.1 Å². The topological polar surface area (TPSA) is 111 Å². The van der Waals surface area contributed by atoms with Gasteiger partial charge in [-0.2, -0.15) is 0 Å². The molecular formula is C10H12N2O5S. The van der Waals surface area contributed by atoms with Crippen LogP contribution in [0.3, 0.4) is 0 Å². The van der Waals surface area contributed by atoms with Crippen molar-refractivity contribution < 1.29 is 23.7 Å². The standard InChI is InChI=1S/C10H12N2O5S/c1-17-6-2-3-8-7(4-6)11-9(5-10(13)14)12-18(8,15)16/h2-4,15-16H,5H2,1H3,(H,11,12)(H,13,14). The second-order valence-corrected chi connectivity index (χ2v) is 5.27. The Hall–Kier alpha value is -1.77. The van der Waals surface area contributed by atoms with E-state index in [2.05, 4.69) is 9.71 Å². The zero-order chi connectivity index (χ0) is 13.3. The molecule has 8 heteroatoms. The zero-order valence-corrected chi connectivity index (χ0v) is 10.3. The monoisotopic (exact) mass is 272 g/mol. The fraction of sp³-hybridized carbons (Fsp3) is 0.200. The van der Waals surface area contributed by atoms with Gasteiger partial charge in [-0.1, -0.05) is 10.8 Å². The second-order valence-electron chi connectivity index (χ2n) is 3.61. The van der Waals surface area contributed by atoms with Crippen LogP contribution in [0.15, 0.2) is 27.5 Å². The molecule has 0 saturated carbocycles. The smallest absolute Gasteiger partial charge is 0.311 e. The number of carboxylic acid groups (broad SMARTS) is 1. The molecule has 0 radical (unpaired) electrons. The van der Waals surface area contributed by atoms with E-state index in [9.17, 15) is 13.9 Å². The largest absolute Gasteiger partial charge is 0.497 e. The first-order valence-corrected chi connectivity index (χ1v) is 6.46. The summed E-state index contributed by atoms with van der Waals surface area (Å²) in [7, 11) is -1.87. The van der Waals surface area contributed by atoms with Gasteiger partial charge < -0.3 is 15.2 Å². The predicted octanol–water partition coefficient (Wildman–Crippen LogP) is 2.02. The predicted molar refractivity (Wildman–Crippen MR) is 67.4 cm³/mol. The van der Waals surface area contributed by atoms with Crippen molar-refractivity contribution in [2.24, 2.45) is 4.40 Å². The molecule has 1 heterocycles. The SMILES string of the molecule is COc1ccc2c(c1)NC(CC(=O)O)=NS2(O)O. The number of anilines is 1. The van der Waals surface area contributed by atoms with Crippen molar-refractivity contribution in [2.45, 2.75) is 11.3 Å². The Morgan fingerprint density at radius 3 is 2.83 bits per heavy atom. The molecule has 0 bridgehead atoms. The number of hydrogen-bond donors (Lipinski definition) is 4. The number of benzene rings is 1. The first-order chi connectivity index (χ1) is 8.42. The number of carboxylic acids is 1. The highest BCUT2D eigenvalue weighted by atomic mass is 32.3.